The van der Waals surface area contributed by atoms with Crippen molar-refractivity contribution < 1.29 is 13.9 Å². The number of aliphatic hydroxyl groups excluding tert-OH is 1. The summed E-state index contributed by atoms with van der Waals surface area (Å²) < 4.78 is 28.4. The van der Waals surface area contributed by atoms with Crippen molar-refractivity contribution in [2.45, 2.75) is 13.0 Å². The normalized spacial score (nSPS) is 12.3. The van der Waals surface area contributed by atoms with Gasteiger partial charge in [0.1, 0.15) is 11.6 Å². The van der Waals surface area contributed by atoms with E-state index in [1.54, 1.807) is 0 Å². The van der Waals surface area contributed by atoms with Crippen LogP contribution < -0.4 is 5.32 Å². The molecule has 0 saturated carbocycles. The van der Waals surface area contributed by atoms with Crippen molar-refractivity contribution in [2.24, 2.45) is 0 Å². The summed E-state index contributed by atoms with van der Waals surface area (Å²) in [6.45, 7) is 2.01. The smallest absolute Gasteiger partial charge is 0.129 e. The summed E-state index contributed by atoms with van der Waals surface area (Å²) in [7, 11) is 0. The van der Waals surface area contributed by atoms with Gasteiger partial charge in [0.25, 0.3) is 0 Å². The van der Waals surface area contributed by atoms with Gasteiger partial charge in [-0.2, -0.15) is 0 Å². The first-order valence-electron chi connectivity index (χ1n) is 6.21. The third-order valence-electron chi connectivity index (χ3n) is 2.98. The van der Waals surface area contributed by atoms with Crippen LogP contribution in [0.2, 0.25) is 0 Å². The topological polar surface area (TPSA) is 32.3 Å². The fourth-order valence-electron chi connectivity index (χ4n) is 1.95. The minimum absolute atomic E-state index is 0.0562. The lowest BCUT2D eigenvalue weighted by atomic mass is 10.1. The summed E-state index contributed by atoms with van der Waals surface area (Å²) in [4.78, 5) is 0. The summed E-state index contributed by atoms with van der Waals surface area (Å²) >= 11 is 6.84. The van der Waals surface area contributed by atoms with E-state index in [-0.39, 0.29) is 12.1 Å². The molecule has 0 radical (unpaired) electrons. The molecular formula is C15H13Br2F2NO. The van der Waals surface area contributed by atoms with E-state index in [2.05, 4.69) is 37.2 Å². The highest BCUT2D eigenvalue weighted by Gasteiger charge is 2.15. The van der Waals surface area contributed by atoms with Crippen LogP contribution in [0.1, 0.15) is 17.2 Å². The van der Waals surface area contributed by atoms with Gasteiger partial charge in [0.15, 0.2) is 0 Å². The standard InChI is InChI=1S/C15H13Br2F2NO/c1-8-4-11(16)15(12(17)5-8)20-7-14(21)10-6-9(18)2-3-13(10)19/h2-6,14,20-21H,7H2,1H3. The highest BCUT2D eigenvalue weighted by Crippen LogP contribution is 2.33. The molecule has 2 aromatic carbocycles. The van der Waals surface area contributed by atoms with Crippen LogP contribution in [0.5, 0.6) is 0 Å². The van der Waals surface area contributed by atoms with Crippen molar-refractivity contribution in [3.05, 3.63) is 62.0 Å². The molecule has 0 saturated heterocycles. The molecule has 0 heterocycles. The van der Waals surface area contributed by atoms with E-state index in [4.69, 9.17) is 0 Å². The molecular weight excluding hydrogens is 408 g/mol. The molecule has 0 aliphatic carbocycles. The number of halogens is 4. The number of rotatable bonds is 4. The third kappa shape index (κ3) is 4.02. The molecule has 0 spiro atoms. The predicted octanol–water partition coefficient (Wildman–Crippen LogP) is 4.94. The average Bonchev–Trinajstić information content (AvgIpc) is 2.40. The first-order valence-corrected chi connectivity index (χ1v) is 7.79. The van der Waals surface area contributed by atoms with Gasteiger partial charge in [0, 0.05) is 21.1 Å². The minimum atomic E-state index is -1.15. The number of aliphatic hydroxyl groups is 1. The molecule has 0 aliphatic heterocycles. The summed E-state index contributed by atoms with van der Waals surface area (Å²) in [6.07, 6.45) is -1.15. The SMILES string of the molecule is Cc1cc(Br)c(NCC(O)c2cc(F)ccc2F)c(Br)c1. The van der Waals surface area contributed by atoms with Crippen LogP contribution in [0.3, 0.4) is 0 Å². The van der Waals surface area contributed by atoms with Crippen LogP contribution in [-0.2, 0) is 0 Å². The van der Waals surface area contributed by atoms with Gasteiger partial charge in [-0.1, -0.05) is 0 Å². The number of aryl methyl sites for hydroxylation is 1. The summed E-state index contributed by atoms with van der Waals surface area (Å²) in [5.74, 6) is -1.21. The molecule has 2 rings (SSSR count). The van der Waals surface area contributed by atoms with E-state index in [1.165, 1.54) is 0 Å². The van der Waals surface area contributed by atoms with Gasteiger partial charge in [0.05, 0.1) is 11.8 Å². The Hall–Kier alpha value is -0.980. The fourth-order valence-corrected chi connectivity index (χ4v) is 3.64. The second kappa shape index (κ2) is 6.85. The lowest BCUT2D eigenvalue weighted by Gasteiger charge is -2.16. The van der Waals surface area contributed by atoms with Crippen LogP contribution in [0, 0.1) is 18.6 Å². The maximum absolute atomic E-state index is 13.6. The van der Waals surface area contributed by atoms with Crippen LogP contribution in [0.4, 0.5) is 14.5 Å². The lowest BCUT2D eigenvalue weighted by Crippen LogP contribution is -2.14. The molecule has 0 aromatic heterocycles. The Morgan fingerprint density at radius 2 is 1.76 bits per heavy atom. The Morgan fingerprint density at radius 3 is 2.38 bits per heavy atom. The predicted molar refractivity (Wildman–Crippen MR) is 86.4 cm³/mol. The summed E-state index contributed by atoms with van der Waals surface area (Å²) in [6, 6.07) is 6.86. The van der Waals surface area contributed by atoms with Gasteiger partial charge < -0.3 is 10.4 Å². The molecule has 1 atom stereocenters. The zero-order chi connectivity index (χ0) is 15.6. The Balaban J connectivity index is 2.15. The third-order valence-corrected chi connectivity index (χ3v) is 4.23. The second-order valence-electron chi connectivity index (χ2n) is 4.67. The monoisotopic (exact) mass is 419 g/mol. The largest absolute Gasteiger partial charge is 0.386 e. The van der Waals surface area contributed by atoms with E-state index < -0.39 is 17.7 Å². The molecule has 6 heteroatoms. The Morgan fingerprint density at radius 1 is 1.14 bits per heavy atom. The Labute approximate surface area is 138 Å². The maximum atomic E-state index is 13.6. The zero-order valence-electron chi connectivity index (χ0n) is 11.1. The van der Waals surface area contributed by atoms with Crippen molar-refractivity contribution in [1.82, 2.24) is 0 Å². The van der Waals surface area contributed by atoms with Crippen molar-refractivity contribution in [3.63, 3.8) is 0 Å². The quantitative estimate of drug-likeness (QED) is 0.733. The molecule has 0 bridgehead atoms. The van der Waals surface area contributed by atoms with E-state index in [1.807, 2.05) is 19.1 Å². The second-order valence-corrected chi connectivity index (χ2v) is 6.37. The number of nitrogens with one attached hydrogen (secondary N) is 1. The minimum Gasteiger partial charge on any atom is -0.386 e. The first-order chi connectivity index (χ1) is 9.88. The number of hydrogen-bond donors (Lipinski definition) is 2. The molecule has 0 fully saturated rings. The molecule has 1 unspecified atom stereocenters. The first kappa shape index (κ1) is 16.4. The number of anilines is 1. The van der Waals surface area contributed by atoms with Crippen molar-refractivity contribution in [2.75, 3.05) is 11.9 Å². The molecule has 21 heavy (non-hydrogen) atoms. The van der Waals surface area contributed by atoms with Crippen LogP contribution >= 0.6 is 31.9 Å². The Bertz CT molecular complexity index is 641. The van der Waals surface area contributed by atoms with Crippen LogP contribution in [-0.4, -0.2) is 11.7 Å². The maximum Gasteiger partial charge on any atom is 0.129 e. The van der Waals surface area contributed by atoms with Gasteiger partial charge >= 0.3 is 0 Å². The van der Waals surface area contributed by atoms with E-state index in [0.717, 1.165) is 38.4 Å². The van der Waals surface area contributed by atoms with Crippen molar-refractivity contribution in [3.8, 4) is 0 Å². The fraction of sp³-hybridized carbons (Fsp3) is 0.200. The molecule has 2 N–H and O–H groups in total. The average molecular weight is 421 g/mol. The summed E-state index contributed by atoms with van der Waals surface area (Å²) in [5, 5.41) is 13.0. The molecule has 112 valence electrons. The van der Waals surface area contributed by atoms with E-state index in [9.17, 15) is 13.9 Å². The van der Waals surface area contributed by atoms with Gasteiger partial charge in [-0.05, 0) is 74.7 Å². The molecule has 2 aromatic rings. The van der Waals surface area contributed by atoms with Gasteiger partial charge in [-0.15, -0.1) is 0 Å². The summed E-state index contributed by atoms with van der Waals surface area (Å²) in [5.41, 5.74) is 1.74. The zero-order valence-corrected chi connectivity index (χ0v) is 14.3. The molecule has 0 amide bonds. The van der Waals surface area contributed by atoms with Crippen LogP contribution in [0.15, 0.2) is 39.3 Å². The number of hydrogen-bond acceptors (Lipinski definition) is 2. The highest BCUT2D eigenvalue weighted by atomic mass is 79.9. The van der Waals surface area contributed by atoms with Gasteiger partial charge in [0.2, 0.25) is 0 Å². The lowest BCUT2D eigenvalue weighted by molar-refractivity contribution is 0.186. The Kier molecular flexibility index (Phi) is 5.35. The van der Waals surface area contributed by atoms with Crippen molar-refractivity contribution >= 4 is 37.5 Å². The van der Waals surface area contributed by atoms with Gasteiger partial charge in [-0.3, -0.25) is 0 Å². The highest BCUT2D eigenvalue weighted by molar-refractivity contribution is 9.11. The molecule has 2 nitrogen and oxygen atoms in total. The van der Waals surface area contributed by atoms with Crippen molar-refractivity contribution in [1.29, 1.82) is 0 Å². The van der Waals surface area contributed by atoms with E-state index in [0.29, 0.717) is 0 Å². The van der Waals surface area contributed by atoms with Gasteiger partial charge in [-0.25, -0.2) is 8.78 Å². The van der Waals surface area contributed by atoms with Crippen LogP contribution in [0.25, 0.3) is 0 Å². The number of benzene rings is 2. The molecule has 0 aliphatic rings. The van der Waals surface area contributed by atoms with E-state index >= 15 is 0 Å².